The highest BCUT2D eigenvalue weighted by Crippen LogP contribution is 2.19. The molecule has 1 fully saturated rings. The van der Waals surface area contributed by atoms with Crippen molar-refractivity contribution in [3.05, 3.63) is 58.9 Å². The lowest BCUT2D eigenvalue weighted by Crippen LogP contribution is -2.41. The Bertz CT molecular complexity index is 847. The van der Waals surface area contributed by atoms with Gasteiger partial charge < -0.3 is 15.4 Å². The molecule has 2 N–H and O–H groups in total. The van der Waals surface area contributed by atoms with Crippen molar-refractivity contribution in [3.63, 3.8) is 0 Å². The first kappa shape index (κ1) is 20.0. The van der Waals surface area contributed by atoms with Crippen LogP contribution in [-0.4, -0.2) is 61.1 Å². The molecule has 2 heterocycles. The van der Waals surface area contributed by atoms with Crippen LogP contribution in [0.1, 0.15) is 31.8 Å². The number of carbonyl (C=O) groups is 2. The first-order valence-corrected chi connectivity index (χ1v) is 9.45. The van der Waals surface area contributed by atoms with Gasteiger partial charge in [-0.25, -0.2) is 0 Å². The van der Waals surface area contributed by atoms with Crippen LogP contribution in [0.15, 0.2) is 36.7 Å². The zero-order valence-corrected chi connectivity index (χ0v) is 16.3. The van der Waals surface area contributed by atoms with Crippen LogP contribution in [0.4, 0.5) is 5.69 Å². The second-order valence-corrected chi connectivity index (χ2v) is 6.87. The van der Waals surface area contributed by atoms with E-state index in [1.54, 1.807) is 6.07 Å². The number of hydrogen-bond donors (Lipinski definition) is 2. The molecule has 0 spiro atoms. The second-order valence-electron chi connectivity index (χ2n) is 6.87. The summed E-state index contributed by atoms with van der Waals surface area (Å²) in [7, 11) is 0. The fourth-order valence-corrected chi connectivity index (χ4v) is 3.02. The second kappa shape index (κ2) is 9.43. The Balaban J connectivity index is 1.58. The van der Waals surface area contributed by atoms with Gasteiger partial charge in [0.1, 0.15) is 0 Å². The number of aromatic nitrogens is 1. The van der Waals surface area contributed by atoms with E-state index in [2.05, 4.69) is 20.5 Å². The van der Waals surface area contributed by atoms with Crippen molar-refractivity contribution >= 4 is 17.5 Å². The molecular formula is C21H26N4O3. The topological polar surface area (TPSA) is 83.6 Å². The summed E-state index contributed by atoms with van der Waals surface area (Å²) < 4.78 is 5.31. The summed E-state index contributed by atoms with van der Waals surface area (Å²) in [4.78, 5) is 31.3. The number of aryl methyl sites for hydroxylation is 1. The number of morpholine rings is 1. The molecule has 3 rings (SSSR count). The molecule has 0 radical (unpaired) electrons. The number of ether oxygens (including phenoxy) is 1. The maximum absolute atomic E-state index is 12.6. The lowest BCUT2D eigenvalue weighted by atomic mass is 10.1. The first-order chi connectivity index (χ1) is 13.5. The molecule has 148 valence electrons. The normalized spacial score (nSPS) is 14.5. The number of rotatable bonds is 6. The fraction of sp³-hybridized carbons (Fsp3) is 0.381. The van der Waals surface area contributed by atoms with Gasteiger partial charge in [0.05, 0.1) is 24.3 Å². The van der Waals surface area contributed by atoms with Gasteiger partial charge in [-0.15, -0.1) is 0 Å². The van der Waals surface area contributed by atoms with Crippen molar-refractivity contribution < 1.29 is 14.3 Å². The summed E-state index contributed by atoms with van der Waals surface area (Å²) in [5, 5.41) is 5.78. The van der Waals surface area contributed by atoms with Gasteiger partial charge in [-0.3, -0.25) is 19.5 Å². The fourth-order valence-electron chi connectivity index (χ4n) is 3.02. The zero-order chi connectivity index (χ0) is 19.9. The molecule has 0 atom stereocenters. The van der Waals surface area contributed by atoms with Crippen LogP contribution < -0.4 is 10.6 Å². The Labute approximate surface area is 165 Å². The van der Waals surface area contributed by atoms with Crippen LogP contribution in [0.2, 0.25) is 0 Å². The van der Waals surface area contributed by atoms with Crippen molar-refractivity contribution in [1.29, 1.82) is 0 Å². The van der Waals surface area contributed by atoms with E-state index >= 15 is 0 Å². The summed E-state index contributed by atoms with van der Waals surface area (Å²) in [6.45, 7) is 8.49. The maximum Gasteiger partial charge on any atom is 0.257 e. The van der Waals surface area contributed by atoms with E-state index in [1.807, 2.05) is 32.0 Å². The SMILES string of the molecule is Cc1cccc(NC(=O)c2cncc(C(=O)NCCN3CCOCC3)c2)c1C. The highest BCUT2D eigenvalue weighted by atomic mass is 16.5. The highest BCUT2D eigenvalue weighted by molar-refractivity contribution is 6.06. The van der Waals surface area contributed by atoms with Crippen molar-refractivity contribution in [2.24, 2.45) is 0 Å². The number of pyridine rings is 1. The van der Waals surface area contributed by atoms with Crippen molar-refractivity contribution in [2.75, 3.05) is 44.7 Å². The molecule has 28 heavy (non-hydrogen) atoms. The van der Waals surface area contributed by atoms with Gasteiger partial charge in [0.2, 0.25) is 0 Å². The standard InChI is InChI=1S/C21H26N4O3/c1-15-4-3-5-19(16(15)2)24-21(27)18-12-17(13-22-14-18)20(26)23-6-7-25-8-10-28-11-9-25/h3-5,12-14H,6-11H2,1-2H3,(H,23,26)(H,24,27). The van der Waals surface area contributed by atoms with Gasteiger partial charge in [-0.05, 0) is 37.1 Å². The quantitative estimate of drug-likeness (QED) is 0.799. The largest absolute Gasteiger partial charge is 0.379 e. The minimum Gasteiger partial charge on any atom is -0.379 e. The van der Waals surface area contributed by atoms with Gasteiger partial charge in [-0.1, -0.05) is 12.1 Å². The molecule has 2 aromatic rings. The third-order valence-electron chi connectivity index (χ3n) is 4.93. The Morgan fingerprint density at radius 2 is 1.82 bits per heavy atom. The third kappa shape index (κ3) is 5.15. The Morgan fingerprint density at radius 3 is 2.57 bits per heavy atom. The summed E-state index contributed by atoms with van der Waals surface area (Å²) in [5.74, 6) is -0.522. The minimum absolute atomic E-state index is 0.234. The van der Waals surface area contributed by atoms with Crippen molar-refractivity contribution in [1.82, 2.24) is 15.2 Å². The molecule has 1 aliphatic heterocycles. The lowest BCUT2D eigenvalue weighted by Gasteiger charge is -2.26. The number of hydrogen-bond acceptors (Lipinski definition) is 5. The van der Waals surface area contributed by atoms with Crippen molar-refractivity contribution in [2.45, 2.75) is 13.8 Å². The van der Waals surface area contributed by atoms with Crippen molar-refractivity contribution in [3.8, 4) is 0 Å². The van der Waals surface area contributed by atoms with Crippen LogP contribution in [-0.2, 0) is 4.74 Å². The molecular weight excluding hydrogens is 356 g/mol. The number of benzene rings is 1. The van der Waals surface area contributed by atoms with E-state index in [-0.39, 0.29) is 11.8 Å². The van der Waals surface area contributed by atoms with E-state index in [1.165, 1.54) is 12.4 Å². The van der Waals surface area contributed by atoms with E-state index in [0.717, 1.165) is 49.7 Å². The van der Waals surface area contributed by atoms with E-state index < -0.39 is 0 Å². The predicted molar refractivity (Wildman–Crippen MR) is 108 cm³/mol. The molecule has 0 unspecified atom stereocenters. The molecule has 0 bridgehead atoms. The molecule has 0 saturated carbocycles. The predicted octanol–water partition coefficient (Wildman–Crippen LogP) is 2.01. The van der Waals surface area contributed by atoms with E-state index in [0.29, 0.717) is 17.7 Å². The monoisotopic (exact) mass is 382 g/mol. The van der Waals surface area contributed by atoms with Crippen LogP contribution in [0.25, 0.3) is 0 Å². The average molecular weight is 382 g/mol. The highest BCUT2D eigenvalue weighted by Gasteiger charge is 2.14. The summed E-state index contributed by atoms with van der Waals surface area (Å²) in [5.41, 5.74) is 3.59. The van der Waals surface area contributed by atoms with Crippen LogP contribution >= 0.6 is 0 Å². The molecule has 1 aromatic carbocycles. The van der Waals surface area contributed by atoms with Crippen LogP contribution in [0.3, 0.4) is 0 Å². The molecule has 1 aliphatic rings. The maximum atomic E-state index is 12.6. The van der Waals surface area contributed by atoms with E-state index in [9.17, 15) is 9.59 Å². The first-order valence-electron chi connectivity index (χ1n) is 9.45. The number of amides is 2. The van der Waals surface area contributed by atoms with E-state index in [4.69, 9.17) is 4.74 Å². The van der Waals surface area contributed by atoms with Gasteiger partial charge in [-0.2, -0.15) is 0 Å². The number of carbonyl (C=O) groups excluding carboxylic acids is 2. The number of nitrogens with one attached hydrogen (secondary N) is 2. The molecule has 1 saturated heterocycles. The Kier molecular flexibility index (Phi) is 6.73. The lowest BCUT2D eigenvalue weighted by molar-refractivity contribution is 0.0383. The summed E-state index contributed by atoms with van der Waals surface area (Å²) in [6.07, 6.45) is 2.93. The summed E-state index contributed by atoms with van der Waals surface area (Å²) in [6, 6.07) is 7.32. The number of anilines is 1. The smallest absolute Gasteiger partial charge is 0.257 e. The molecule has 1 aromatic heterocycles. The third-order valence-corrected chi connectivity index (χ3v) is 4.93. The van der Waals surface area contributed by atoms with Gasteiger partial charge in [0.15, 0.2) is 0 Å². The molecule has 7 heteroatoms. The molecule has 0 aliphatic carbocycles. The minimum atomic E-state index is -0.288. The Hall–Kier alpha value is -2.77. The average Bonchev–Trinajstić information content (AvgIpc) is 2.72. The van der Waals surface area contributed by atoms with Crippen LogP contribution in [0.5, 0.6) is 0 Å². The van der Waals surface area contributed by atoms with Gasteiger partial charge >= 0.3 is 0 Å². The number of nitrogens with zero attached hydrogens (tertiary/aromatic N) is 2. The Morgan fingerprint density at radius 1 is 1.11 bits per heavy atom. The molecule has 2 amide bonds. The van der Waals surface area contributed by atoms with Crippen LogP contribution in [0, 0.1) is 13.8 Å². The zero-order valence-electron chi connectivity index (χ0n) is 16.3. The van der Waals surface area contributed by atoms with Gasteiger partial charge in [0, 0.05) is 44.3 Å². The molecule has 7 nitrogen and oxygen atoms in total. The van der Waals surface area contributed by atoms with Gasteiger partial charge in [0.25, 0.3) is 11.8 Å². The summed E-state index contributed by atoms with van der Waals surface area (Å²) >= 11 is 0.